The van der Waals surface area contributed by atoms with E-state index in [-0.39, 0.29) is 6.10 Å². The number of benzene rings is 1. The number of ether oxygens (including phenoxy) is 3. The molecule has 0 saturated carbocycles. The van der Waals surface area contributed by atoms with Crippen molar-refractivity contribution < 1.29 is 14.2 Å². The van der Waals surface area contributed by atoms with E-state index in [0.29, 0.717) is 19.1 Å². The second-order valence-electron chi connectivity index (χ2n) is 5.13. The number of nitrogens with one attached hydrogen (secondary N) is 1. The molecule has 0 aliphatic rings. The number of para-hydroxylation sites is 1. The van der Waals surface area contributed by atoms with E-state index in [4.69, 9.17) is 14.2 Å². The standard InChI is InChI=1S/C16H27NO3/c1-13(2)12-19-9-10-20-16(11-17-3)14-7-5-6-8-15(14)18-4/h5-8,13,16-17H,9-12H2,1-4H3. The maximum Gasteiger partial charge on any atom is 0.124 e. The molecular weight excluding hydrogens is 254 g/mol. The van der Waals surface area contributed by atoms with E-state index >= 15 is 0 Å². The molecule has 0 bridgehead atoms. The third kappa shape index (κ3) is 5.90. The molecule has 1 N–H and O–H groups in total. The minimum absolute atomic E-state index is 0.0289. The zero-order chi connectivity index (χ0) is 14.8. The van der Waals surface area contributed by atoms with Crippen LogP contribution in [0.1, 0.15) is 25.5 Å². The maximum absolute atomic E-state index is 5.93. The Kier molecular flexibility index (Phi) is 8.26. The Balaban J connectivity index is 2.51. The molecule has 0 radical (unpaired) electrons. The van der Waals surface area contributed by atoms with Crippen molar-refractivity contribution in [2.45, 2.75) is 20.0 Å². The average molecular weight is 281 g/mol. The van der Waals surface area contributed by atoms with Gasteiger partial charge in [-0.2, -0.15) is 0 Å². The predicted molar refractivity (Wildman–Crippen MR) is 81.3 cm³/mol. The Morgan fingerprint density at radius 1 is 1.15 bits per heavy atom. The highest BCUT2D eigenvalue weighted by Gasteiger charge is 2.15. The molecule has 0 fully saturated rings. The van der Waals surface area contributed by atoms with Gasteiger partial charge in [0, 0.05) is 18.7 Å². The van der Waals surface area contributed by atoms with Crippen molar-refractivity contribution in [2.24, 2.45) is 5.92 Å². The molecule has 20 heavy (non-hydrogen) atoms. The van der Waals surface area contributed by atoms with Crippen molar-refractivity contribution in [1.29, 1.82) is 0 Å². The largest absolute Gasteiger partial charge is 0.496 e. The van der Waals surface area contributed by atoms with E-state index in [9.17, 15) is 0 Å². The van der Waals surface area contributed by atoms with Gasteiger partial charge in [0.25, 0.3) is 0 Å². The van der Waals surface area contributed by atoms with Crippen molar-refractivity contribution >= 4 is 0 Å². The summed E-state index contributed by atoms with van der Waals surface area (Å²) in [6.45, 7) is 6.99. The lowest BCUT2D eigenvalue weighted by Crippen LogP contribution is -2.22. The molecule has 4 nitrogen and oxygen atoms in total. The number of rotatable bonds is 10. The quantitative estimate of drug-likeness (QED) is 0.669. The molecular formula is C16H27NO3. The summed E-state index contributed by atoms with van der Waals surface area (Å²) in [4.78, 5) is 0. The van der Waals surface area contributed by atoms with Crippen LogP contribution in [0, 0.1) is 5.92 Å². The highest BCUT2D eigenvalue weighted by atomic mass is 16.5. The van der Waals surface area contributed by atoms with Crippen LogP contribution >= 0.6 is 0 Å². The maximum atomic E-state index is 5.93. The lowest BCUT2D eigenvalue weighted by atomic mass is 10.1. The predicted octanol–water partition coefficient (Wildman–Crippen LogP) is 2.64. The van der Waals surface area contributed by atoms with Crippen LogP contribution in [0.25, 0.3) is 0 Å². The van der Waals surface area contributed by atoms with Crippen molar-refractivity contribution in [2.75, 3.05) is 40.5 Å². The fourth-order valence-electron chi connectivity index (χ4n) is 1.94. The summed E-state index contributed by atoms with van der Waals surface area (Å²) in [7, 11) is 3.60. The third-order valence-electron chi connectivity index (χ3n) is 2.87. The highest BCUT2D eigenvalue weighted by Crippen LogP contribution is 2.26. The first-order valence-electron chi connectivity index (χ1n) is 7.15. The Morgan fingerprint density at radius 2 is 1.90 bits per heavy atom. The van der Waals surface area contributed by atoms with Crippen LogP contribution in [0.4, 0.5) is 0 Å². The summed E-state index contributed by atoms with van der Waals surface area (Å²) in [5.74, 6) is 1.41. The van der Waals surface area contributed by atoms with Crippen LogP contribution in [0.15, 0.2) is 24.3 Å². The molecule has 1 unspecified atom stereocenters. The van der Waals surface area contributed by atoms with Crippen molar-refractivity contribution in [3.8, 4) is 5.75 Å². The minimum atomic E-state index is -0.0289. The van der Waals surface area contributed by atoms with Gasteiger partial charge < -0.3 is 19.5 Å². The molecule has 4 heteroatoms. The van der Waals surface area contributed by atoms with Gasteiger partial charge in [0.15, 0.2) is 0 Å². The number of hydrogen-bond acceptors (Lipinski definition) is 4. The minimum Gasteiger partial charge on any atom is -0.496 e. The zero-order valence-corrected chi connectivity index (χ0v) is 13.0. The van der Waals surface area contributed by atoms with E-state index < -0.39 is 0 Å². The van der Waals surface area contributed by atoms with Gasteiger partial charge in [-0.15, -0.1) is 0 Å². The average Bonchev–Trinajstić information content (AvgIpc) is 2.45. The fourth-order valence-corrected chi connectivity index (χ4v) is 1.94. The second kappa shape index (κ2) is 9.75. The molecule has 0 spiro atoms. The van der Waals surface area contributed by atoms with Crippen LogP contribution < -0.4 is 10.1 Å². The van der Waals surface area contributed by atoms with Gasteiger partial charge in [-0.1, -0.05) is 32.0 Å². The Labute approximate surface area is 122 Å². The fraction of sp³-hybridized carbons (Fsp3) is 0.625. The summed E-state index contributed by atoms with van der Waals surface area (Å²) in [5, 5.41) is 3.16. The first-order valence-corrected chi connectivity index (χ1v) is 7.15. The molecule has 0 aliphatic carbocycles. The van der Waals surface area contributed by atoms with Crippen LogP contribution in [-0.2, 0) is 9.47 Å². The molecule has 1 rings (SSSR count). The Bertz CT molecular complexity index is 368. The van der Waals surface area contributed by atoms with Crippen molar-refractivity contribution in [1.82, 2.24) is 5.32 Å². The molecule has 0 amide bonds. The number of methoxy groups -OCH3 is 1. The normalized spacial score (nSPS) is 12.7. The van der Waals surface area contributed by atoms with Gasteiger partial charge in [0.1, 0.15) is 5.75 Å². The van der Waals surface area contributed by atoms with Gasteiger partial charge >= 0.3 is 0 Å². The van der Waals surface area contributed by atoms with Gasteiger partial charge in [-0.05, 0) is 19.0 Å². The van der Waals surface area contributed by atoms with Crippen LogP contribution in [0.2, 0.25) is 0 Å². The van der Waals surface area contributed by atoms with Gasteiger partial charge in [-0.3, -0.25) is 0 Å². The summed E-state index contributed by atoms with van der Waals surface area (Å²) in [5.41, 5.74) is 1.06. The number of likely N-dealkylation sites (N-methyl/N-ethyl adjacent to an activating group) is 1. The van der Waals surface area contributed by atoms with Crippen molar-refractivity contribution in [3.05, 3.63) is 29.8 Å². The van der Waals surface area contributed by atoms with Gasteiger partial charge in [0.05, 0.1) is 26.4 Å². The Morgan fingerprint density at radius 3 is 2.55 bits per heavy atom. The molecule has 0 saturated heterocycles. The smallest absolute Gasteiger partial charge is 0.124 e. The van der Waals surface area contributed by atoms with E-state index in [0.717, 1.165) is 24.5 Å². The van der Waals surface area contributed by atoms with E-state index in [1.165, 1.54) is 0 Å². The molecule has 114 valence electrons. The van der Waals surface area contributed by atoms with Gasteiger partial charge in [-0.25, -0.2) is 0 Å². The van der Waals surface area contributed by atoms with Gasteiger partial charge in [0.2, 0.25) is 0 Å². The highest BCUT2D eigenvalue weighted by molar-refractivity contribution is 5.35. The first kappa shape index (κ1) is 17.0. The van der Waals surface area contributed by atoms with E-state index in [2.05, 4.69) is 19.2 Å². The zero-order valence-electron chi connectivity index (χ0n) is 13.0. The van der Waals surface area contributed by atoms with Crippen LogP contribution in [0.3, 0.4) is 0 Å². The monoisotopic (exact) mass is 281 g/mol. The van der Waals surface area contributed by atoms with Crippen LogP contribution in [0.5, 0.6) is 5.75 Å². The third-order valence-corrected chi connectivity index (χ3v) is 2.87. The molecule has 0 aliphatic heterocycles. The van der Waals surface area contributed by atoms with Crippen molar-refractivity contribution in [3.63, 3.8) is 0 Å². The van der Waals surface area contributed by atoms with E-state index in [1.807, 2.05) is 31.3 Å². The molecule has 1 aromatic rings. The molecule has 0 aromatic heterocycles. The SMILES string of the molecule is CNCC(OCCOCC(C)C)c1ccccc1OC. The molecule has 1 atom stereocenters. The Hall–Kier alpha value is -1.10. The second-order valence-corrected chi connectivity index (χ2v) is 5.13. The summed E-state index contributed by atoms with van der Waals surface area (Å²) in [6, 6.07) is 7.95. The van der Waals surface area contributed by atoms with Crippen LogP contribution in [-0.4, -0.2) is 40.5 Å². The van der Waals surface area contributed by atoms with E-state index in [1.54, 1.807) is 7.11 Å². The lowest BCUT2D eigenvalue weighted by molar-refractivity contribution is -0.00143. The molecule has 0 heterocycles. The summed E-state index contributed by atoms with van der Waals surface area (Å²) in [6.07, 6.45) is -0.0289. The summed E-state index contributed by atoms with van der Waals surface area (Å²) < 4.78 is 16.9. The number of hydrogen-bond donors (Lipinski definition) is 1. The lowest BCUT2D eigenvalue weighted by Gasteiger charge is -2.20. The first-order chi connectivity index (χ1) is 9.69. The topological polar surface area (TPSA) is 39.7 Å². The molecule has 1 aromatic carbocycles. The summed E-state index contributed by atoms with van der Waals surface area (Å²) >= 11 is 0.